The van der Waals surface area contributed by atoms with Crippen molar-refractivity contribution in [3.63, 3.8) is 0 Å². The van der Waals surface area contributed by atoms with Crippen LogP contribution in [-0.4, -0.2) is 26.8 Å². The number of hydrogen-bond donors (Lipinski definition) is 0. The Balaban J connectivity index is 2.28. The monoisotopic (exact) mass is 217 g/mol. The Labute approximate surface area is 85.1 Å². The Bertz CT molecular complexity index is 382. The molecule has 1 saturated carbocycles. The first kappa shape index (κ1) is 9.76. The van der Waals surface area contributed by atoms with E-state index in [1.807, 2.05) is 0 Å². The third-order valence-corrected chi connectivity index (χ3v) is 3.04. The number of aryl methyl sites for hydroxylation is 1. The van der Waals surface area contributed by atoms with Crippen LogP contribution >= 0.6 is 11.8 Å². The van der Waals surface area contributed by atoms with Crippen LogP contribution in [0, 0.1) is 0 Å². The topological polar surface area (TPSA) is 39.8 Å². The van der Waals surface area contributed by atoms with Crippen molar-refractivity contribution in [1.29, 1.82) is 0 Å². The summed E-state index contributed by atoms with van der Waals surface area (Å²) in [5.74, 6) is 0.364. The highest BCUT2D eigenvalue weighted by Gasteiger charge is 2.29. The van der Waals surface area contributed by atoms with Crippen LogP contribution in [0.2, 0.25) is 0 Å². The van der Waals surface area contributed by atoms with Crippen molar-refractivity contribution in [3.05, 3.63) is 10.5 Å². The molecule has 14 heavy (non-hydrogen) atoms. The van der Waals surface area contributed by atoms with Crippen LogP contribution in [0.5, 0.6) is 0 Å². The molecule has 0 bridgehead atoms. The van der Waals surface area contributed by atoms with E-state index in [0.717, 1.165) is 12.8 Å². The molecule has 0 unspecified atom stereocenters. The highest BCUT2D eigenvalue weighted by molar-refractivity contribution is 7.99. The van der Waals surface area contributed by atoms with Crippen LogP contribution in [0.3, 0.4) is 0 Å². The summed E-state index contributed by atoms with van der Waals surface area (Å²) < 4.78 is 15.0. The molecule has 2 rings (SSSR count). The molecule has 6 heteroatoms. The summed E-state index contributed by atoms with van der Waals surface area (Å²) in [6.07, 6.45) is 2.07. The molecule has 1 aromatic heterocycles. The molecule has 0 radical (unpaired) electrons. The number of hydrogen-bond acceptors (Lipinski definition) is 3. The molecule has 0 amide bonds. The third kappa shape index (κ3) is 1.70. The van der Waals surface area contributed by atoms with E-state index in [0.29, 0.717) is 17.0 Å². The molecule has 0 atom stereocenters. The van der Waals surface area contributed by atoms with Gasteiger partial charge in [-0.25, -0.2) is 9.48 Å². The Morgan fingerprint density at radius 2 is 2.36 bits per heavy atom. The molecule has 0 spiro atoms. The van der Waals surface area contributed by atoms with Crippen LogP contribution in [0.1, 0.15) is 18.9 Å². The van der Waals surface area contributed by atoms with Gasteiger partial charge in [0.05, 0.1) is 6.67 Å². The molecule has 4 nitrogen and oxygen atoms in total. The van der Waals surface area contributed by atoms with Crippen molar-refractivity contribution >= 4 is 11.8 Å². The Morgan fingerprint density at radius 3 is 2.93 bits per heavy atom. The average molecular weight is 217 g/mol. The van der Waals surface area contributed by atoms with E-state index in [2.05, 4.69) is 5.10 Å². The van der Waals surface area contributed by atoms with Gasteiger partial charge in [0, 0.05) is 18.8 Å². The van der Waals surface area contributed by atoms with Gasteiger partial charge in [0.1, 0.15) is 0 Å². The molecular formula is C8H12FN3OS. The largest absolute Gasteiger partial charge is 0.346 e. The molecule has 1 fully saturated rings. The second-order valence-electron chi connectivity index (χ2n) is 3.33. The smallest absolute Gasteiger partial charge is 0.267 e. The predicted molar refractivity (Wildman–Crippen MR) is 52.4 cm³/mol. The van der Waals surface area contributed by atoms with E-state index in [1.54, 1.807) is 11.6 Å². The van der Waals surface area contributed by atoms with E-state index in [1.165, 1.54) is 16.4 Å². The second-order valence-corrected chi connectivity index (χ2v) is 4.39. The Kier molecular flexibility index (Phi) is 2.62. The van der Waals surface area contributed by atoms with Gasteiger partial charge < -0.3 is 0 Å². The molecule has 0 N–H and O–H groups in total. The van der Waals surface area contributed by atoms with Gasteiger partial charge in [0.2, 0.25) is 0 Å². The van der Waals surface area contributed by atoms with E-state index < -0.39 is 0 Å². The first-order valence-corrected chi connectivity index (χ1v) is 5.57. The maximum absolute atomic E-state index is 12.0. The molecule has 78 valence electrons. The molecule has 1 heterocycles. The fourth-order valence-corrected chi connectivity index (χ4v) is 2.14. The van der Waals surface area contributed by atoms with E-state index in [-0.39, 0.29) is 12.4 Å². The van der Waals surface area contributed by atoms with Crippen LogP contribution in [0.25, 0.3) is 0 Å². The maximum atomic E-state index is 12.0. The third-order valence-electron chi connectivity index (χ3n) is 2.14. The highest BCUT2D eigenvalue weighted by atomic mass is 32.2. The number of nitrogens with zero attached hydrogens (tertiary/aromatic N) is 3. The van der Waals surface area contributed by atoms with E-state index in [4.69, 9.17) is 0 Å². The normalized spacial score (nSPS) is 16.1. The summed E-state index contributed by atoms with van der Waals surface area (Å²) in [7, 11) is 1.63. The van der Waals surface area contributed by atoms with Gasteiger partial charge in [-0.2, -0.15) is 0 Å². The van der Waals surface area contributed by atoms with Crippen molar-refractivity contribution in [3.8, 4) is 0 Å². The average Bonchev–Trinajstić information content (AvgIpc) is 2.94. The first-order valence-electron chi connectivity index (χ1n) is 4.58. The zero-order valence-electron chi connectivity index (χ0n) is 7.94. The van der Waals surface area contributed by atoms with Gasteiger partial charge in [-0.15, -0.1) is 5.10 Å². The molecule has 0 aromatic carbocycles. The lowest BCUT2D eigenvalue weighted by Crippen LogP contribution is -2.22. The number of rotatable bonds is 4. The summed E-state index contributed by atoms with van der Waals surface area (Å²) in [5, 5.41) is 4.72. The molecule has 0 saturated heterocycles. The maximum Gasteiger partial charge on any atom is 0.346 e. The Morgan fingerprint density at radius 1 is 1.64 bits per heavy atom. The van der Waals surface area contributed by atoms with Crippen LogP contribution < -0.4 is 5.69 Å². The summed E-state index contributed by atoms with van der Waals surface area (Å²) in [6, 6.07) is 0.304. The zero-order chi connectivity index (χ0) is 10.1. The number of thioether (sulfide) groups is 1. The standard InChI is InChI=1S/C8H12FN3OS/c1-11-8(13)12(6-2-3-6)7(10-11)14-5-4-9/h6H,2-5H2,1H3. The predicted octanol–water partition coefficient (Wildman–Crippen LogP) is 0.978. The Hall–Kier alpha value is -0.780. The van der Waals surface area contributed by atoms with Crippen molar-refractivity contribution < 1.29 is 4.39 Å². The molecule has 1 aliphatic rings. The van der Waals surface area contributed by atoms with Crippen molar-refractivity contribution in [1.82, 2.24) is 14.3 Å². The fourth-order valence-electron chi connectivity index (χ4n) is 1.33. The highest BCUT2D eigenvalue weighted by Crippen LogP contribution is 2.36. The summed E-state index contributed by atoms with van der Waals surface area (Å²) in [4.78, 5) is 11.6. The zero-order valence-corrected chi connectivity index (χ0v) is 8.76. The number of halogens is 1. The van der Waals surface area contributed by atoms with Crippen LogP contribution in [0.15, 0.2) is 9.95 Å². The quantitative estimate of drug-likeness (QED) is 0.706. The van der Waals surface area contributed by atoms with Crippen molar-refractivity contribution in [2.24, 2.45) is 7.05 Å². The minimum Gasteiger partial charge on any atom is -0.267 e. The number of aromatic nitrogens is 3. The number of alkyl halides is 1. The minimum absolute atomic E-state index is 0.0890. The minimum atomic E-state index is -0.389. The molecular weight excluding hydrogens is 205 g/mol. The summed E-state index contributed by atoms with van der Waals surface area (Å²) >= 11 is 1.31. The lowest BCUT2D eigenvalue weighted by molar-refractivity contribution is 0.531. The summed E-state index contributed by atoms with van der Waals surface area (Å²) in [6.45, 7) is -0.389. The first-order chi connectivity index (χ1) is 6.74. The van der Waals surface area contributed by atoms with Gasteiger partial charge in [-0.3, -0.25) is 8.96 Å². The lowest BCUT2D eigenvalue weighted by atomic mass is 10.7. The van der Waals surface area contributed by atoms with Crippen molar-refractivity contribution in [2.45, 2.75) is 24.0 Å². The second kappa shape index (κ2) is 3.76. The van der Waals surface area contributed by atoms with Gasteiger partial charge in [-0.05, 0) is 12.8 Å². The van der Waals surface area contributed by atoms with Gasteiger partial charge >= 0.3 is 5.69 Å². The van der Waals surface area contributed by atoms with Crippen LogP contribution in [0.4, 0.5) is 4.39 Å². The van der Waals surface area contributed by atoms with E-state index >= 15 is 0 Å². The van der Waals surface area contributed by atoms with Gasteiger partial charge in [0.15, 0.2) is 5.16 Å². The fraction of sp³-hybridized carbons (Fsp3) is 0.750. The lowest BCUT2D eigenvalue weighted by Gasteiger charge is -2.00. The van der Waals surface area contributed by atoms with Crippen molar-refractivity contribution in [2.75, 3.05) is 12.4 Å². The van der Waals surface area contributed by atoms with E-state index in [9.17, 15) is 9.18 Å². The molecule has 1 aromatic rings. The SMILES string of the molecule is Cn1nc(SCCF)n(C2CC2)c1=O. The van der Waals surface area contributed by atoms with Gasteiger partial charge in [-0.1, -0.05) is 11.8 Å². The molecule has 1 aliphatic carbocycles. The van der Waals surface area contributed by atoms with Gasteiger partial charge in [0.25, 0.3) is 0 Å². The summed E-state index contributed by atoms with van der Waals surface area (Å²) in [5.41, 5.74) is -0.0890. The van der Waals surface area contributed by atoms with Crippen LogP contribution in [-0.2, 0) is 7.05 Å². The molecule has 0 aliphatic heterocycles.